The Labute approximate surface area is 163 Å². The molecule has 3 aromatic rings. The number of benzene rings is 2. The van der Waals surface area contributed by atoms with Crippen molar-refractivity contribution in [1.82, 2.24) is 4.90 Å². The van der Waals surface area contributed by atoms with Crippen molar-refractivity contribution < 1.29 is 17.6 Å². The van der Waals surface area contributed by atoms with E-state index in [4.69, 9.17) is 20.8 Å². The maximum Gasteiger partial charge on any atom is 0.206 e. The molecule has 7 heteroatoms. The van der Waals surface area contributed by atoms with Gasteiger partial charge in [0.2, 0.25) is 9.84 Å². The highest BCUT2D eigenvalue weighted by atomic mass is 35.5. The number of sulfone groups is 1. The zero-order valence-electron chi connectivity index (χ0n) is 14.9. The highest BCUT2D eigenvalue weighted by Crippen LogP contribution is 2.37. The number of methoxy groups -OCH3 is 1. The third-order valence-corrected chi connectivity index (χ3v) is 6.95. The highest BCUT2D eigenvalue weighted by Gasteiger charge is 2.26. The minimum absolute atomic E-state index is 0.184. The average Bonchev–Trinajstić information content (AvgIpc) is 3.06. The van der Waals surface area contributed by atoms with Crippen molar-refractivity contribution in [1.29, 1.82) is 0 Å². The van der Waals surface area contributed by atoms with Crippen LogP contribution in [0, 0.1) is 0 Å². The molecule has 0 unspecified atom stereocenters. The van der Waals surface area contributed by atoms with E-state index in [1.54, 1.807) is 43.5 Å². The predicted octanol–water partition coefficient (Wildman–Crippen LogP) is 3.92. The smallest absolute Gasteiger partial charge is 0.206 e. The van der Waals surface area contributed by atoms with E-state index in [1.807, 2.05) is 0 Å². The van der Waals surface area contributed by atoms with Crippen LogP contribution in [0.15, 0.2) is 56.7 Å². The van der Waals surface area contributed by atoms with Crippen LogP contribution in [0.4, 0.5) is 0 Å². The van der Waals surface area contributed by atoms with Gasteiger partial charge in [0.05, 0.1) is 21.4 Å². The summed E-state index contributed by atoms with van der Waals surface area (Å²) in [6.07, 6.45) is 0.769. The molecule has 0 amide bonds. The Kier molecular flexibility index (Phi) is 4.99. The van der Waals surface area contributed by atoms with Gasteiger partial charge in [0.15, 0.2) is 5.58 Å². The molecule has 1 aliphatic rings. The van der Waals surface area contributed by atoms with E-state index in [9.17, 15) is 8.42 Å². The van der Waals surface area contributed by atoms with Gasteiger partial charge in [0, 0.05) is 44.1 Å². The molecule has 1 aromatic heterocycles. The van der Waals surface area contributed by atoms with E-state index in [0.717, 1.165) is 36.2 Å². The summed E-state index contributed by atoms with van der Waals surface area (Å²) < 4.78 is 37.1. The molecule has 142 valence electrons. The average molecular weight is 406 g/mol. The molecular formula is C20H20ClNO4S. The second-order valence-corrected chi connectivity index (χ2v) is 8.98. The highest BCUT2D eigenvalue weighted by molar-refractivity contribution is 7.91. The van der Waals surface area contributed by atoms with Crippen LogP contribution >= 0.6 is 11.6 Å². The minimum atomic E-state index is -3.64. The summed E-state index contributed by atoms with van der Waals surface area (Å²) in [5.41, 5.74) is 1.57. The Morgan fingerprint density at radius 2 is 1.96 bits per heavy atom. The number of furan rings is 1. The van der Waals surface area contributed by atoms with Crippen LogP contribution in [-0.4, -0.2) is 40.1 Å². The maximum atomic E-state index is 13.0. The Hall–Kier alpha value is -1.86. The summed E-state index contributed by atoms with van der Waals surface area (Å²) in [4.78, 5) is 2.70. The van der Waals surface area contributed by atoms with Gasteiger partial charge in [0.1, 0.15) is 5.76 Å². The molecule has 0 N–H and O–H groups in total. The molecule has 5 nitrogen and oxygen atoms in total. The first-order valence-electron chi connectivity index (χ1n) is 8.76. The van der Waals surface area contributed by atoms with Crippen molar-refractivity contribution in [3.63, 3.8) is 0 Å². The van der Waals surface area contributed by atoms with Crippen LogP contribution < -0.4 is 0 Å². The number of hydrogen-bond donors (Lipinski definition) is 0. The minimum Gasteiger partial charge on any atom is -0.459 e. The summed E-state index contributed by atoms with van der Waals surface area (Å²) in [7, 11) is -1.96. The molecule has 27 heavy (non-hydrogen) atoms. The predicted molar refractivity (Wildman–Crippen MR) is 104 cm³/mol. The van der Waals surface area contributed by atoms with E-state index >= 15 is 0 Å². The molecule has 0 atom stereocenters. The molecule has 0 saturated carbocycles. The molecule has 0 fully saturated rings. The SMILES string of the molecule is COCCN1CCc2oc3c(Cl)cc(S(=O)(=O)c4ccccc4)cc3c2C1. The van der Waals surface area contributed by atoms with Crippen molar-refractivity contribution in [2.24, 2.45) is 0 Å². The maximum absolute atomic E-state index is 13.0. The lowest BCUT2D eigenvalue weighted by Gasteiger charge is -2.25. The molecule has 0 aliphatic carbocycles. The molecule has 0 bridgehead atoms. The van der Waals surface area contributed by atoms with E-state index in [1.165, 1.54) is 6.07 Å². The van der Waals surface area contributed by atoms with Crippen LogP contribution in [0.3, 0.4) is 0 Å². The molecule has 0 spiro atoms. The number of ether oxygens (including phenoxy) is 1. The van der Waals surface area contributed by atoms with Crippen LogP contribution in [0.1, 0.15) is 11.3 Å². The lowest BCUT2D eigenvalue weighted by Crippen LogP contribution is -2.32. The summed E-state index contributed by atoms with van der Waals surface area (Å²) >= 11 is 6.40. The zero-order chi connectivity index (χ0) is 19.0. The largest absolute Gasteiger partial charge is 0.459 e. The molecule has 0 saturated heterocycles. The molecule has 2 aromatic carbocycles. The summed E-state index contributed by atoms with van der Waals surface area (Å²) in [6.45, 7) is 3.04. The normalized spacial score (nSPS) is 15.2. The van der Waals surface area contributed by atoms with E-state index in [-0.39, 0.29) is 9.79 Å². The van der Waals surface area contributed by atoms with Crippen LogP contribution in [0.25, 0.3) is 11.0 Å². The molecule has 1 aliphatic heterocycles. The fourth-order valence-electron chi connectivity index (χ4n) is 3.47. The first kappa shape index (κ1) is 18.5. The van der Waals surface area contributed by atoms with Crippen molar-refractivity contribution in [3.05, 3.63) is 58.8 Å². The fraction of sp³-hybridized carbons (Fsp3) is 0.300. The first-order valence-corrected chi connectivity index (χ1v) is 10.6. The van der Waals surface area contributed by atoms with Crippen molar-refractivity contribution in [3.8, 4) is 0 Å². The van der Waals surface area contributed by atoms with Gasteiger partial charge in [-0.25, -0.2) is 8.42 Å². The van der Waals surface area contributed by atoms with Gasteiger partial charge in [-0.15, -0.1) is 0 Å². The standard InChI is InChI=1S/C20H20ClNO4S/c1-25-10-9-22-8-7-19-17(13-22)16-11-15(12-18(21)20(16)26-19)27(23,24)14-5-3-2-4-6-14/h2-6,11-12H,7-10,13H2,1H3. The zero-order valence-corrected chi connectivity index (χ0v) is 16.5. The quantitative estimate of drug-likeness (QED) is 0.643. The Morgan fingerprint density at radius 1 is 1.19 bits per heavy atom. The Bertz CT molecular complexity index is 1080. The summed E-state index contributed by atoms with van der Waals surface area (Å²) in [5.74, 6) is 0.884. The lowest BCUT2D eigenvalue weighted by atomic mass is 10.0. The van der Waals surface area contributed by atoms with E-state index in [0.29, 0.717) is 23.8 Å². The number of halogens is 1. The van der Waals surface area contributed by atoms with Gasteiger partial charge in [-0.3, -0.25) is 4.90 Å². The first-order chi connectivity index (χ1) is 13.0. The molecular weight excluding hydrogens is 386 g/mol. The van der Waals surface area contributed by atoms with E-state index in [2.05, 4.69) is 4.90 Å². The van der Waals surface area contributed by atoms with Crippen LogP contribution in [-0.2, 0) is 27.5 Å². The Morgan fingerprint density at radius 3 is 2.70 bits per heavy atom. The number of rotatable bonds is 5. The van der Waals surface area contributed by atoms with E-state index < -0.39 is 9.84 Å². The lowest BCUT2D eigenvalue weighted by molar-refractivity contribution is 0.138. The third kappa shape index (κ3) is 3.38. The van der Waals surface area contributed by atoms with Gasteiger partial charge in [-0.2, -0.15) is 0 Å². The molecule has 0 radical (unpaired) electrons. The van der Waals surface area contributed by atoms with Gasteiger partial charge >= 0.3 is 0 Å². The van der Waals surface area contributed by atoms with Crippen LogP contribution in [0.5, 0.6) is 0 Å². The van der Waals surface area contributed by atoms with Gasteiger partial charge < -0.3 is 9.15 Å². The second-order valence-electron chi connectivity index (χ2n) is 6.62. The van der Waals surface area contributed by atoms with Gasteiger partial charge in [-0.1, -0.05) is 29.8 Å². The number of hydrogen-bond acceptors (Lipinski definition) is 5. The fourth-order valence-corrected chi connectivity index (χ4v) is 5.13. The van der Waals surface area contributed by atoms with Gasteiger partial charge in [-0.05, 0) is 24.3 Å². The summed E-state index contributed by atoms with van der Waals surface area (Å²) in [5, 5.41) is 1.09. The topological polar surface area (TPSA) is 59.8 Å². The Balaban J connectivity index is 1.80. The second kappa shape index (κ2) is 7.28. The van der Waals surface area contributed by atoms with Crippen molar-refractivity contribution >= 4 is 32.4 Å². The van der Waals surface area contributed by atoms with Crippen molar-refractivity contribution in [2.75, 3.05) is 26.8 Å². The van der Waals surface area contributed by atoms with Crippen LogP contribution in [0.2, 0.25) is 5.02 Å². The number of nitrogens with zero attached hydrogens (tertiary/aromatic N) is 1. The number of fused-ring (bicyclic) bond motifs is 3. The van der Waals surface area contributed by atoms with Gasteiger partial charge in [0.25, 0.3) is 0 Å². The monoisotopic (exact) mass is 405 g/mol. The molecule has 4 rings (SSSR count). The van der Waals surface area contributed by atoms with Crippen molar-refractivity contribution in [2.45, 2.75) is 22.8 Å². The third-order valence-electron chi connectivity index (χ3n) is 4.92. The molecule has 2 heterocycles. The summed E-state index contributed by atoms with van der Waals surface area (Å²) in [6, 6.07) is 11.5.